The first-order valence-electron chi connectivity index (χ1n) is 9.51. The summed E-state index contributed by atoms with van der Waals surface area (Å²) in [5.41, 5.74) is 1.17. The highest BCUT2D eigenvalue weighted by Crippen LogP contribution is 2.34. The number of hydrogen-bond donors (Lipinski definition) is 1. The molecule has 3 aromatic heterocycles. The number of anilines is 1. The lowest BCUT2D eigenvalue weighted by molar-refractivity contribution is 0.0937. The zero-order valence-electron chi connectivity index (χ0n) is 15.8. The molecule has 3 aromatic rings. The summed E-state index contributed by atoms with van der Waals surface area (Å²) in [7, 11) is 0. The first-order valence-corrected chi connectivity index (χ1v) is 9.51. The summed E-state index contributed by atoms with van der Waals surface area (Å²) in [4.78, 5) is 22.8. The molecule has 0 radical (unpaired) electrons. The summed E-state index contributed by atoms with van der Waals surface area (Å²) in [5.74, 6) is 0.575. The van der Waals surface area contributed by atoms with Gasteiger partial charge in [0.2, 0.25) is 0 Å². The molecule has 1 aliphatic heterocycles. The predicted octanol–water partition coefficient (Wildman–Crippen LogP) is 2.83. The second-order valence-corrected chi connectivity index (χ2v) is 7.49. The first-order chi connectivity index (χ1) is 13.5. The van der Waals surface area contributed by atoms with Crippen LogP contribution in [0.4, 0.5) is 10.2 Å². The summed E-state index contributed by atoms with van der Waals surface area (Å²) in [6.07, 6.45) is 10.7. The van der Waals surface area contributed by atoms with E-state index in [4.69, 9.17) is 0 Å². The van der Waals surface area contributed by atoms with E-state index in [1.807, 2.05) is 12.3 Å². The molecular formula is C20H23FN6O. The van der Waals surface area contributed by atoms with Crippen LogP contribution < -0.4 is 10.2 Å². The minimum atomic E-state index is -0.289. The minimum absolute atomic E-state index is 0.0299. The summed E-state index contributed by atoms with van der Waals surface area (Å²) >= 11 is 0. The number of hydrogen-bond acceptors (Lipinski definition) is 5. The van der Waals surface area contributed by atoms with Crippen molar-refractivity contribution in [2.45, 2.75) is 38.1 Å². The van der Waals surface area contributed by atoms with E-state index >= 15 is 0 Å². The topological polar surface area (TPSA) is 75.4 Å². The maximum Gasteiger partial charge on any atom is 0.257 e. The van der Waals surface area contributed by atoms with Gasteiger partial charge in [-0.05, 0) is 50.8 Å². The molecule has 2 fully saturated rings. The van der Waals surface area contributed by atoms with Gasteiger partial charge < -0.3 is 10.2 Å². The van der Waals surface area contributed by atoms with Gasteiger partial charge in [-0.25, -0.2) is 13.9 Å². The average molecular weight is 382 g/mol. The van der Waals surface area contributed by atoms with Gasteiger partial charge in [-0.3, -0.25) is 9.78 Å². The number of nitrogens with zero attached hydrogens (tertiary/aromatic N) is 5. The molecule has 0 spiro atoms. The van der Waals surface area contributed by atoms with Crippen LogP contribution in [0.2, 0.25) is 0 Å². The molecule has 5 rings (SSSR count). The Morgan fingerprint density at radius 2 is 2.00 bits per heavy atom. The third-order valence-electron chi connectivity index (χ3n) is 5.07. The van der Waals surface area contributed by atoms with E-state index in [0.29, 0.717) is 11.2 Å². The molecule has 28 heavy (non-hydrogen) atoms. The zero-order valence-corrected chi connectivity index (χ0v) is 15.8. The minimum Gasteiger partial charge on any atom is -0.357 e. The van der Waals surface area contributed by atoms with Gasteiger partial charge in [0, 0.05) is 31.0 Å². The highest BCUT2D eigenvalue weighted by molar-refractivity contribution is 6.00. The lowest BCUT2D eigenvalue weighted by atomic mass is 10.2. The fourth-order valence-electron chi connectivity index (χ4n) is 3.14. The Morgan fingerprint density at radius 3 is 2.61 bits per heavy atom. The fraction of sp³-hybridized carbons (Fsp3) is 0.400. The Kier molecular flexibility index (Phi) is 4.93. The van der Waals surface area contributed by atoms with Gasteiger partial charge in [-0.15, -0.1) is 0 Å². The first kappa shape index (κ1) is 18.3. The molecule has 4 heterocycles. The SMILES string of the molecule is CC1(NC(=O)c2cnn3ccc(N4CCCC4)nc23)CC1.Fc1cccnc1. The lowest BCUT2D eigenvalue weighted by Gasteiger charge is -2.16. The third kappa shape index (κ3) is 4.11. The van der Waals surface area contributed by atoms with Crippen molar-refractivity contribution >= 4 is 17.4 Å². The number of carbonyl (C=O) groups is 1. The Bertz CT molecular complexity index is 963. The van der Waals surface area contributed by atoms with Gasteiger partial charge in [-0.1, -0.05) is 0 Å². The van der Waals surface area contributed by atoms with Crippen molar-refractivity contribution in [1.82, 2.24) is 24.9 Å². The summed E-state index contributed by atoms with van der Waals surface area (Å²) in [6, 6.07) is 4.87. The Labute approximate surface area is 162 Å². The van der Waals surface area contributed by atoms with Gasteiger partial charge in [0.1, 0.15) is 17.2 Å². The van der Waals surface area contributed by atoms with Crippen LogP contribution >= 0.6 is 0 Å². The Hall–Kier alpha value is -3.03. The normalized spacial score (nSPS) is 17.1. The van der Waals surface area contributed by atoms with Crippen molar-refractivity contribution in [3.8, 4) is 0 Å². The van der Waals surface area contributed by atoms with E-state index in [1.54, 1.807) is 16.8 Å². The largest absolute Gasteiger partial charge is 0.357 e. The Balaban J connectivity index is 0.000000233. The molecular weight excluding hydrogens is 359 g/mol. The van der Waals surface area contributed by atoms with Crippen LogP contribution in [0.25, 0.3) is 5.65 Å². The number of pyridine rings is 1. The number of amides is 1. The highest BCUT2D eigenvalue weighted by Gasteiger charge is 2.39. The number of rotatable bonds is 3. The summed E-state index contributed by atoms with van der Waals surface area (Å²) < 4.78 is 13.5. The molecule has 0 bridgehead atoms. The molecule has 0 unspecified atom stereocenters. The standard InChI is InChI=1S/C15H19N5O.C5H4FN/c1-15(5-6-15)18-14(21)11-10-16-20-9-4-12(17-13(11)20)19-7-2-3-8-19;6-5-2-1-3-7-4-5/h4,9-10H,2-3,5-8H2,1H3,(H,18,21);1-4H. The van der Waals surface area contributed by atoms with E-state index in [-0.39, 0.29) is 17.3 Å². The monoisotopic (exact) mass is 382 g/mol. The third-order valence-corrected chi connectivity index (χ3v) is 5.07. The van der Waals surface area contributed by atoms with Gasteiger partial charge in [0.05, 0.1) is 12.4 Å². The van der Waals surface area contributed by atoms with E-state index in [2.05, 4.69) is 32.2 Å². The molecule has 8 heteroatoms. The van der Waals surface area contributed by atoms with Crippen molar-refractivity contribution in [3.05, 3.63) is 54.4 Å². The van der Waals surface area contributed by atoms with Gasteiger partial charge in [0.15, 0.2) is 5.65 Å². The van der Waals surface area contributed by atoms with Crippen molar-refractivity contribution < 1.29 is 9.18 Å². The van der Waals surface area contributed by atoms with E-state index in [0.717, 1.165) is 31.7 Å². The maximum atomic E-state index is 12.4. The van der Waals surface area contributed by atoms with Crippen LogP contribution in [0.5, 0.6) is 0 Å². The van der Waals surface area contributed by atoms with Gasteiger partial charge >= 0.3 is 0 Å². The average Bonchev–Trinajstić information content (AvgIpc) is 3.11. The second-order valence-electron chi connectivity index (χ2n) is 7.49. The van der Waals surface area contributed by atoms with Crippen molar-refractivity contribution in [1.29, 1.82) is 0 Å². The fourth-order valence-corrected chi connectivity index (χ4v) is 3.14. The number of halogens is 1. The molecule has 1 N–H and O–H groups in total. The molecule has 146 valence electrons. The smallest absolute Gasteiger partial charge is 0.257 e. The van der Waals surface area contributed by atoms with Crippen LogP contribution in [0, 0.1) is 5.82 Å². The molecule has 1 saturated heterocycles. The molecule has 7 nitrogen and oxygen atoms in total. The molecule has 0 aromatic carbocycles. The second kappa shape index (κ2) is 7.53. The highest BCUT2D eigenvalue weighted by atomic mass is 19.1. The number of aromatic nitrogens is 4. The quantitative estimate of drug-likeness (QED) is 0.754. The summed E-state index contributed by atoms with van der Waals surface area (Å²) in [5, 5.41) is 7.30. The van der Waals surface area contributed by atoms with E-state index < -0.39 is 0 Å². The molecule has 1 saturated carbocycles. The lowest BCUT2D eigenvalue weighted by Crippen LogP contribution is -2.34. The van der Waals surface area contributed by atoms with E-state index in [1.165, 1.54) is 31.3 Å². The molecule has 1 aliphatic carbocycles. The van der Waals surface area contributed by atoms with Crippen LogP contribution in [0.3, 0.4) is 0 Å². The van der Waals surface area contributed by atoms with Crippen molar-refractivity contribution in [3.63, 3.8) is 0 Å². The Morgan fingerprint density at radius 1 is 1.21 bits per heavy atom. The van der Waals surface area contributed by atoms with Crippen LogP contribution in [-0.2, 0) is 0 Å². The summed E-state index contributed by atoms with van der Waals surface area (Å²) in [6.45, 7) is 4.15. The van der Waals surface area contributed by atoms with Gasteiger partial charge in [-0.2, -0.15) is 5.10 Å². The van der Waals surface area contributed by atoms with Crippen molar-refractivity contribution in [2.24, 2.45) is 0 Å². The van der Waals surface area contributed by atoms with Crippen LogP contribution in [0.1, 0.15) is 43.0 Å². The molecule has 1 amide bonds. The molecule has 0 atom stereocenters. The number of nitrogens with one attached hydrogen (secondary N) is 1. The van der Waals surface area contributed by atoms with Gasteiger partial charge in [0.25, 0.3) is 5.91 Å². The maximum absolute atomic E-state index is 12.4. The van der Waals surface area contributed by atoms with Crippen LogP contribution in [0.15, 0.2) is 43.0 Å². The van der Waals surface area contributed by atoms with E-state index in [9.17, 15) is 9.18 Å². The van der Waals surface area contributed by atoms with Crippen LogP contribution in [-0.4, -0.2) is 44.1 Å². The number of carbonyl (C=O) groups excluding carboxylic acids is 1. The zero-order chi connectivity index (χ0) is 19.6. The van der Waals surface area contributed by atoms with Crippen molar-refractivity contribution in [2.75, 3.05) is 18.0 Å². The number of fused-ring (bicyclic) bond motifs is 1. The molecule has 2 aliphatic rings. The predicted molar refractivity (Wildman–Crippen MR) is 104 cm³/mol.